The monoisotopic (exact) mass is 264 g/mol. The molecule has 1 aromatic carbocycles. The fraction of sp³-hybridized carbons (Fsp3) is 0.357. The quantitative estimate of drug-likeness (QED) is 0.909. The highest BCUT2D eigenvalue weighted by molar-refractivity contribution is 6.33. The van der Waals surface area contributed by atoms with Gasteiger partial charge in [0.2, 0.25) is 5.88 Å². The largest absolute Gasteiger partial charge is 0.367 e. The first kappa shape index (κ1) is 13.0. The van der Waals surface area contributed by atoms with Crippen LogP contribution in [0.5, 0.6) is 0 Å². The number of nitrogens with two attached hydrogens (primary N) is 1. The molecule has 0 unspecified atom stereocenters. The maximum atomic E-state index is 6.26. The summed E-state index contributed by atoms with van der Waals surface area (Å²) in [6.07, 6.45) is 0.828. The van der Waals surface area contributed by atoms with Crippen LogP contribution in [-0.4, -0.2) is 5.16 Å². The summed E-state index contributed by atoms with van der Waals surface area (Å²) in [5.41, 5.74) is 9.52. The number of rotatable bonds is 3. The Bertz CT molecular complexity index is 561. The van der Waals surface area contributed by atoms with E-state index >= 15 is 0 Å². The molecule has 1 aromatic heterocycles. The Morgan fingerprint density at radius 3 is 2.72 bits per heavy atom. The van der Waals surface area contributed by atoms with Crippen molar-refractivity contribution < 1.29 is 4.52 Å². The molecule has 0 aliphatic carbocycles. The molecule has 2 N–H and O–H groups in total. The molecule has 96 valence electrons. The molecule has 0 aliphatic rings. The second-order valence-corrected chi connectivity index (χ2v) is 5.36. The van der Waals surface area contributed by atoms with Gasteiger partial charge < -0.3 is 10.3 Å². The summed E-state index contributed by atoms with van der Waals surface area (Å²) < 4.78 is 5.11. The van der Waals surface area contributed by atoms with E-state index in [9.17, 15) is 0 Å². The highest BCUT2D eigenvalue weighted by Crippen LogP contribution is 2.34. The van der Waals surface area contributed by atoms with E-state index in [4.69, 9.17) is 21.9 Å². The molecule has 0 amide bonds. The number of anilines is 1. The van der Waals surface area contributed by atoms with E-state index in [-0.39, 0.29) is 0 Å². The number of nitrogen functional groups attached to an aromatic ring is 1. The third-order valence-corrected chi connectivity index (χ3v) is 3.12. The van der Waals surface area contributed by atoms with Crippen molar-refractivity contribution in [3.05, 3.63) is 34.3 Å². The second-order valence-electron chi connectivity index (χ2n) is 4.96. The molecule has 4 heteroatoms. The number of nitrogens with zero attached hydrogens (tertiary/aromatic N) is 1. The van der Waals surface area contributed by atoms with Crippen LogP contribution in [0.25, 0.3) is 11.3 Å². The molecule has 1 heterocycles. The number of aromatic nitrogens is 1. The molecular formula is C14H17ClN2O. The Hall–Kier alpha value is -1.48. The lowest BCUT2D eigenvalue weighted by atomic mass is 9.99. The lowest BCUT2D eigenvalue weighted by Crippen LogP contribution is -1.98. The summed E-state index contributed by atoms with van der Waals surface area (Å²) in [4.78, 5) is 0. The predicted molar refractivity (Wildman–Crippen MR) is 74.6 cm³/mol. The number of benzene rings is 1. The summed E-state index contributed by atoms with van der Waals surface area (Å²) in [5.74, 6) is 0.866. The summed E-state index contributed by atoms with van der Waals surface area (Å²) in [6, 6.07) is 5.88. The van der Waals surface area contributed by atoms with Gasteiger partial charge in [-0.25, -0.2) is 0 Å². The normalized spacial score (nSPS) is 11.2. The molecule has 0 aliphatic heterocycles. The molecule has 0 saturated carbocycles. The van der Waals surface area contributed by atoms with Crippen LogP contribution in [0.3, 0.4) is 0 Å². The maximum Gasteiger partial charge on any atom is 0.225 e. The topological polar surface area (TPSA) is 52.0 Å². The van der Waals surface area contributed by atoms with E-state index in [1.165, 1.54) is 0 Å². The highest BCUT2D eigenvalue weighted by Gasteiger charge is 2.18. The third-order valence-electron chi connectivity index (χ3n) is 2.81. The lowest BCUT2D eigenvalue weighted by Gasteiger charge is -2.07. The zero-order chi connectivity index (χ0) is 13.3. The van der Waals surface area contributed by atoms with Crippen molar-refractivity contribution in [1.82, 2.24) is 5.16 Å². The van der Waals surface area contributed by atoms with E-state index in [0.717, 1.165) is 28.8 Å². The van der Waals surface area contributed by atoms with Crippen molar-refractivity contribution in [2.24, 2.45) is 5.92 Å². The summed E-state index contributed by atoms with van der Waals surface area (Å²) in [6.45, 7) is 6.27. The van der Waals surface area contributed by atoms with Crippen molar-refractivity contribution in [2.45, 2.75) is 27.2 Å². The van der Waals surface area contributed by atoms with Crippen LogP contribution in [0.4, 0.5) is 5.88 Å². The Morgan fingerprint density at radius 1 is 1.39 bits per heavy atom. The van der Waals surface area contributed by atoms with E-state index in [2.05, 4.69) is 19.0 Å². The SMILES string of the molecule is Cc1ccc(-c2noc(N)c2CC(C)C)c(Cl)c1. The predicted octanol–water partition coefficient (Wildman–Crippen LogP) is 4.08. The van der Waals surface area contributed by atoms with E-state index in [1.54, 1.807) is 0 Å². The van der Waals surface area contributed by atoms with Gasteiger partial charge in [0.05, 0.1) is 5.02 Å². The van der Waals surface area contributed by atoms with Crippen molar-refractivity contribution >= 4 is 17.5 Å². The van der Waals surface area contributed by atoms with Gasteiger partial charge in [-0.1, -0.05) is 42.7 Å². The minimum Gasteiger partial charge on any atom is -0.367 e. The van der Waals surface area contributed by atoms with E-state index < -0.39 is 0 Å². The fourth-order valence-corrected chi connectivity index (χ4v) is 2.28. The molecule has 0 atom stereocenters. The standard InChI is InChI=1S/C14H17ClN2O/c1-8(2)6-11-13(17-18-14(11)16)10-5-4-9(3)7-12(10)15/h4-5,7-8H,6,16H2,1-3H3. The van der Waals surface area contributed by atoms with Crippen molar-refractivity contribution in [3.63, 3.8) is 0 Å². The molecule has 0 fully saturated rings. The van der Waals surface area contributed by atoms with Gasteiger partial charge in [-0.3, -0.25) is 0 Å². The van der Waals surface area contributed by atoms with Gasteiger partial charge in [0, 0.05) is 11.1 Å². The number of hydrogen-bond donors (Lipinski definition) is 1. The summed E-state index contributed by atoms with van der Waals surface area (Å²) >= 11 is 6.26. The molecule has 18 heavy (non-hydrogen) atoms. The van der Waals surface area contributed by atoms with Crippen LogP contribution >= 0.6 is 11.6 Å². The lowest BCUT2D eigenvalue weighted by molar-refractivity contribution is 0.438. The summed E-state index contributed by atoms with van der Waals surface area (Å²) in [7, 11) is 0. The molecule has 0 saturated heterocycles. The molecule has 2 aromatic rings. The number of hydrogen-bond acceptors (Lipinski definition) is 3. The molecule has 3 nitrogen and oxygen atoms in total. The van der Waals surface area contributed by atoms with Crippen LogP contribution < -0.4 is 5.73 Å². The molecule has 2 rings (SSSR count). The van der Waals surface area contributed by atoms with Crippen LogP contribution in [0.1, 0.15) is 25.0 Å². The van der Waals surface area contributed by atoms with Crippen LogP contribution in [0.2, 0.25) is 5.02 Å². The maximum absolute atomic E-state index is 6.26. The molecule has 0 bridgehead atoms. The second kappa shape index (κ2) is 5.02. The molecule has 0 radical (unpaired) electrons. The van der Waals surface area contributed by atoms with Crippen LogP contribution in [0.15, 0.2) is 22.7 Å². The Kier molecular flexibility index (Phi) is 3.62. The third kappa shape index (κ3) is 2.51. The van der Waals surface area contributed by atoms with Crippen LogP contribution in [-0.2, 0) is 6.42 Å². The van der Waals surface area contributed by atoms with Gasteiger partial charge in [-0.05, 0) is 30.9 Å². The number of halogens is 1. The Morgan fingerprint density at radius 2 is 2.11 bits per heavy atom. The first-order valence-corrected chi connectivity index (χ1v) is 6.37. The number of aryl methyl sites for hydroxylation is 1. The van der Waals surface area contributed by atoms with Gasteiger partial charge in [0.1, 0.15) is 5.69 Å². The zero-order valence-electron chi connectivity index (χ0n) is 10.8. The Balaban J connectivity index is 2.50. The minimum absolute atomic E-state index is 0.385. The zero-order valence-corrected chi connectivity index (χ0v) is 11.6. The van der Waals surface area contributed by atoms with Gasteiger partial charge in [-0.2, -0.15) is 0 Å². The molecular weight excluding hydrogens is 248 g/mol. The van der Waals surface area contributed by atoms with Crippen LogP contribution in [0, 0.1) is 12.8 Å². The van der Waals surface area contributed by atoms with Crippen molar-refractivity contribution in [1.29, 1.82) is 0 Å². The fourth-order valence-electron chi connectivity index (χ4n) is 1.95. The van der Waals surface area contributed by atoms with Gasteiger partial charge in [0.15, 0.2) is 0 Å². The smallest absolute Gasteiger partial charge is 0.225 e. The molecule has 0 spiro atoms. The highest BCUT2D eigenvalue weighted by atomic mass is 35.5. The van der Waals surface area contributed by atoms with E-state index in [0.29, 0.717) is 16.8 Å². The minimum atomic E-state index is 0.385. The van der Waals surface area contributed by atoms with Crippen molar-refractivity contribution in [3.8, 4) is 11.3 Å². The first-order chi connectivity index (χ1) is 8.49. The Labute approximate surface area is 112 Å². The average Bonchev–Trinajstić information content (AvgIpc) is 2.60. The van der Waals surface area contributed by atoms with Gasteiger partial charge in [0.25, 0.3) is 0 Å². The summed E-state index contributed by atoms with van der Waals surface area (Å²) in [5, 5.41) is 4.72. The average molecular weight is 265 g/mol. The van der Waals surface area contributed by atoms with E-state index in [1.807, 2.05) is 25.1 Å². The van der Waals surface area contributed by atoms with Crippen molar-refractivity contribution in [2.75, 3.05) is 5.73 Å². The van der Waals surface area contributed by atoms with Gasteiger partial charge >= 0.3 is 0 Å². The van der Waals surface area contributed by atoms with Gasteiger partial charge in [-0.15, -0.1) is 0 Å². The first-order valence-electron chi connectivity index (χ1n) is 5.99.